The summed E-state index contributed by atoms with van der Waals surface area (Å²) in [6.07, 6.45) is -1.47. The molecular weight excluding hydrogens is 252 g/mol. The first-order chi connectivity index (χ1) is 8.97. The first-order valence-corrected chi connectivity index (χ1v) is 5.84. The van der Waals surface area contributed by atoms with Crippen LogP contribution in [0.25, 0.3) is 0 Å². The minimum Gasteiger partial charge on any atom is -0.394 e. The number of aliphatic hydroxyl groups excluding tert-OH is 3. The van der Waals surface area contributed by atoms with Gasteiger partial charge in [0.2, 0.25) is 0 Å². The predicted molar refractivity (Wildman–Crippen MR) is 64.2 cm³/mol. The molecule has 1 fully saturated rings. The fourth-order valence-electron chi connectivity index (χ4n) is 2.29. The van der Waals surface area contributed by atoms with Crippen molar-refractivity contribution in [1.29, 1.82) is 0 Å². The summed E-state index contributed by atoms with van der Waals surface area (Å²) in [6.45, 7) is 1.27. The summed E-state index contributed by atoms with van der Waals surface area (Å²) in [5.41, 5.74) is 6.41. The maximum atomic E-state index is 11.4. The molecule has 0 aliphatic carbocycles. The topological polar surface area (TPSA) is 126 Å². The van der Waals surface area contributed by atoms with E-state index in [1.165, 1.54) is 12.4 Å². The van der Waals surface area contributed by atoms with Crippen molar-refractivity contribution in [2.45, 2.75) is 31.3 Å². The third-order valence-electron chi connectivity index (χ3n) is 3.28. The van der Waals surface area contributed by atoms with Gasteiger partial charge in [-0.3, -0.25) is 9.78 Å². The van der Waals surface area contributed by atoms with Gasteiger partial charge < -0.3 is 25.8 Å². The second kappa shape index (κ2) is 5.22. The Hall–Kier alpha value is -1.54. The average Bonchev–Trinajstić information content (AvgIpc) is 2.66. The van der Waals surface area contributed by atoms with Crippen LogP contribution in [0.15, 0.2) is 12.4 Å². The lowest BCUT2D eigenvalue weighted by molar-refractivity contribution is -0.0231. The third-order valence-corrected chi connectivity index (χ3v) is 3.28. The first kappa shape index (κ1) is 13.9. The van der Waals surface area contributed by atoms with Crippen LogP contribution >= 0.6 is 0 Å². The van der Waals surface area contributed by atoms with E-state index in [9.17, 15) is 15.0 Å². The smallest absolute Gasteiger partial charge is 0.250 e. The first-order valence-electron chi connectivity index (χ1n) is 5.84. The van der Waals surface area contributed by atoms with Gasteiger partial charge in [-0.25, -0.2) is 0 Å². The average molecular weight is 268 g/mol. The van der Waals surface area contributed by atoms with E-state index >= 15 is 0 Å². The molecule has 5 N–H and O–H groups in total. The molecule has 4 atom stereocenters. The minimum absolute atomic E-state index is 0.134. The lowest BCUT2D eigenvalue weighted by atomic mass is 9.95. The summed E-state index contributed by atoms with van der Waals surface area (Å²) < 4.78 is 5.41. The van der Waals surface area contributed by atoms with Crippen molar-refractivity contribution in [3.8, 4) is 0 Å². The Morgan fingerprint density at radius 3 is 2.63 bits per heavy atom. The predicted octanol–water partition coefficient (Wildman–Crippen LogP) is -1.36. The van der Waals surface area contributed by atoms with E-state index in [0.717, 1.165) is 0 Å². The summed E-state index contributed by atoms with van der Waals surface area (Å²) in [5.74, 6) is -0.691. The van der Waals surface area contributed by atoms with Gasteiger partial charge in [0.1, 0.15) is 24.4 Å². The maximum absolute atomic E-state index is 11.4. The molecule has 7 nitrogen and oxygen atoms in total. The van der Waals surface area contributed by atoms with Crippen molar-refractivity contribution >= 4 is 5.91 Å². The highest BCUT2D eigenvalue weighted by Crippen LogP contribution is 2.36. The van der Waals surface area contributed by atoms with Crippen LogP contribution in [-0.2, 0) is 4.74 Å². The second-order valence-electron chi connectivity index (χ2n) is 4.54. The van der Waals surface area contributed by atoms with Crippen LogP contribution in [0.1, 0.15) is 27.6 Å². The summed E-state index contributed by atoms with van der Waals surface area (Å²) in [6, 6.07) is 0. The molecule has 0 saturated carbocycles. The summed E-state index contributed by atoms with van der Waals surface area (Å²) in [4.78, 5) is 15.3. The number of ether oxygens (including phenoxy) is 1. The molecule has 1 saturated heterocycles. The Labute approximate surface area is 109 Å². The number of amides is 1. The van der Waals surface area contributed by atoms with E-state index in [1.54, 1.807) is 6.92 Å². The van der Waals surface area contributed by atoms with E-state index in [4.69, 9.17) is 15.6 Å². The molecule has 7 heteroatoms. The monoisotopic (exact) mass is 268 g/mol. The van der Waals surface area contributed by atoms with Gasteiger partial charge in [-0.15, -0.1) is 0 Å². The molecule has 1 aliphatic heterocycles. The van der Waals surface area contributed by atoms with Crippen LogP contribution in [0.5, 0.6) is 0 Å². The molecule has 1 aromatic rings. The SMILES string of the molecule is Cc1cncc(C(N)=O)c1C1O[C@H](CO)[C@@H](O)[C@H]1O. The molecular formula is C12H16N2O5. The van der Waals surface area contributed by atoms with Gasteiger partial charge in [0.15, 0.2) is 0 Å². The summed E-state index contributed by atoms with van der Waals surface area (Å²) >= 11 is 0. The normalized spacial score (nSPS) is 30.5. The largest absolute Gasteiger partial charge is 0.394 e. The molecule has 1 unspecified atom stereocenters. The third kappa shape index (κ3) is 2.33. The van der Waals surface area contributed by atoms with Gasteiger partial charge in [0.25, 0.3) is 5.91 Å². The highest BCUT2D eigenvalue weighted by molar-refractivity contribution is 5.94. The van der Waals surface area contributed by atoms with Crippen LogP contribution in [0, 0.1) is 6.92 Å². The molecule has 2 rings (SSSR count). The zero-order valence-electron chi connectivity index (χ0n) is 10.4. The van der Waals surface area contributed by atoms with Crippen LogP contribution < -0.4 is 5.73 Å². The lowest BCUT2D eigenvalue weighted by Crippen LogP contribution is -2.32. The molecule has 0 radical (unpaired) electrons. The van der Waals surface area contributed by atoms with Gasteiger partial charge >= 0.3 is 0 Å². The number of aromatic nitrogens is 1. The Bertz CT molecular complexity index is 493. The van der Waals surface area contributed by atoms with Crippen molar-refractivity contribution in [3.63, 3.8) is 0 Å². The van der Waals surface area contributed by atoms with Crippen molar-refractivity contribution < 1.29 is 24.9 Å². The highest BCUT2D eigenvalue weighted by atomic mass is 16.6. The summed E-state index contributed by atoms with van der Waals surface area (Å²) in [7, 11) is 0. The van der Waals surface area contributed by atoms with E-state index in [-0.39, 0.29) is 5.56 Å². The number of aryl methyl sites for hydroxylation is 1. The van der Waals surface area contributed by atoms with Crippen molar-refractivity contribution in [1.82, 2.24) is 4.98 Å². The van der Waals surface area contributed by atoms with Crippen molar-refractivity contribution in [3.05, 3.63) is 29.1 Å². The minimum atomic E-state index is -1.24. The van der Waals surface area contributed by atoms with Gasteiger partial charge in [0, 0.05) is 18.0 Å². The number of carbonyl (C=O) groups excluding carboxylic acids is 1. The highest BCUT2D eigenvalue weighted by Gasteiger charge is 2.44. The Morgan fingerprint density at radius 1 is 1.42 bits per heavy atom. The van der Waals surface area contributed by atoms with Crippen LogP contribution in [0.3, 0.4) is 0 Å². The number of primary amides is 1. The number of pyridine rings is 1. The van der Waals surface area contributed by atoms with Gasteiger partial charge in [-0.05, 0) is 12.5 Å². The zero-order valence-corrected chi connectivity index (χ0v) is 10.4. The van der Waals surface area contributed by atoms with Gasteiger partial charge in [-0.2, -0.15) is 0 Å². The van der Waals surface area contributed by atoms with E-state index in [0.29, 0.717) is 11.1 Å². The zero-order chi connectivity index (χ0) is 14.2. The number of hydrogen-bond donors (Lipinski definition) is 4. The maximum Gasteiger partial charge on any atom is 0.250 e. The molecule has 1 aromatic heterocycles. The number of nitrogens with two attached hydrogens (primary N) is 1. The second-order valence-corrected chi connectivity index (χ2v) is 4.54. The number of nitrogens with zero attached hydrogens (tertiary/aromatic N) is 1. The van der Waals surface area contributed by atoms with Gasteiger partial charge in [0.05, 0.1) is 12.2 Å². The Morgan fingerprint density at radius 2 is 2.11 bits per heavy atom. The van der Waals surface area contributed by atoms with Crippen LogP contribution in [0.4, 0.5) is 0 Å². The fraction of sp³-hybridized carbons (Fsp3) is 0.500. The van der Waals surface area contributed by atoms with Crippen LogP contribution in [0.2, 0.25) is 0 Å². The molecule has 2 heterocycles. The molecule has 1 amide bonds. The van der Waals surface area contributed by atoms with E-state index in [1.807, 2.05) is 0 Å². The van der Waals surface area contributed by atoms with Crippen LogP contribution in [-0.4, -0.2) is 51.1 Å². The molecule has 1 aliphatic rings. The number of aliphatic hydroxyl groups is 3. The van der Waals surface area contributed by atoms with E-state index in [2.05, 4.69) is 4.98 Å². The molecule has 104 valence electrons. The number of carbonyl (C=O) groups is 1. The van der Waals surface area contributed by atoms with E-state index < -0.39 is 36.9 Å². The standard InChI is InChI=1S/C12H16N2O5/c1-5-2-14-3-6(12(13)18)8(5)11-10(17)9(16)7(4-15)19-11/h2-3,7,9-11,15-17H,4H2,1H3,(H2,13,18)/t7-,9-,10-,11?/m1/s1. The quantitative estimate of drug-likeness (QED) is 0.536. The molecule has 0 spiro atoms. The Kier molecular flexibility index (Phi) is 3.81. The molecule has 0 aromatic carbocycles. The number of hydrogen-bond acceptors (Lipinski definition) is 6. The number of rotatable bonds is 3. The van der Waals surface area contributed by atoms with Crippen molar-refractivity contribution in [2.24, 2.45) is 5.73 Å². The molecule has 19 heavy (non-hydrogen) atoms. The molecule has 0 bridgehead atoms. The fourth-order valence-corrected chi connectivity index (χ4v) is 2.29. The van der Waals surface area contributed by atoms with Crippen molar-refractivity contribution in [2.75, 3.05) is 6.61 Å². The Balaban J connectivity index is 2.45. The van der Waals surface area contributed by atoms with Gasteiger partial charge in [-0.1, -0.05) is 0 Å². The lowest BCUT2D eigenvalue weighted by Gasteiger charge is -2.19. The summed E-state index contributed by atoms with van der Waals surface area (Å²) in [5, 5.41) is 28.8.